The van der Waals surface area contributed by atoms with Crippen LogP contribution in [-0.2, 0) is 26.2 Å². The van der Waals surface area contributed by atoms with Gasteiger partial charge < -0.3 is 15.2 Å². The summed E-state index contributed by atoms with van der Waals surface area (Å²) in [5, 5.41) is 15.5. The van der Waals surface area contributed by atoms with Crippen molar-refractivity contribution < 1.29 is 29.0 Å². The zero-order chi connectivity index (χ0) is 19.9. The van der Waals surface area contributed by atoms with Crippen molar-refractivity contribution in [3.8, 4) is 0 Å². The molecule has 2 aliphatic heterocycles. The van der Waals surface area contributed by atoms with Crippen LogP contribution in [0.2, 0.25) is 0 Å². The summed E-state index contributed by atoms with van der Waals surface area (Å²) in [6.07, 6.45) is 1.46. The van der Waals surface area contributed by atoms with E-state index in [1.54, 1.807) is 7.05 Å². The fourth-order valence-electron chi connectivity index (χ4n) is 2.86. The maximum Gasteiger partial charge on any atom is 0.352 e. The average molecular weight is 459 g/mol. The first kappa shape index (κ1) is 19.4. The number of hydrogen-bond donors (Lipinski definition) is 2. The summed E-state index contributed by atoms with van der Waals surface area (Å²) >= 11 is 4.52. The number of carbonyl (C=O) groups excluding carboxylic acids is 3. The number of halogens is 1. The molecule has 2 aliphatic rings. The van der Waals surface area contributed by atoms with Crippen LogP contribution in [0.1, 0.15) is 17.4 Å². The van der Waals surface area contributed by atoms with Gasteiger partial charge in [-0.3, -0.25) is 24.0 Å². The number of aliphatic carboxylic acids is 1. The molecule has 1 aromatic heterocycles. The summed E-state index contributed by atoms with van der Waals surface area (Å²) in [7, 11) is 1.59. The van der Waals surface area contributed by atoms with Crippen molar-refractivity contribution in [2.75, 3.05) is 12.4 Å². The maximum absolute atomic E-state index is 12.5. The number of nitrogens with zero attached hydrogens (tertiary/aromatic N) is 3. The van der Waals surface area contributed by atoms with Gasteiger partial charge in [0.1, 0.15) is 29.4 Å². The SMILES string of the molecule is CC(=O)OCC1=C(C(=O)O)N2C(=O)[C@@H](NC(=O)c3c(Br)cnn3C)[C@@H]2SC1. The number of ether oxygens (including phenoxy) is 1. The highest BCUT2D eigenvalue weighted by Crippen LogP contribution is 2.40. The second kappa shape index (κ2) is 7.35. The predicted octanol–water partition coefficient (Wildman–Crippen LogP) is 0.0979. The number of aromatic nitrogens is 2. The molecule has 2 amide bonds. The van der Waals surface area contributed by atoms with Crippen molar-refractivity contribution in [1.82, 2.24) is 20.0 Å². The Morgan fingerprint density at radius 3 is 2.74 bits per heavy atom. The van der Waals surface area contributed by atoms with Gasteiger partial charge >= 0.3 is 11.9 Å². The summed E-state index contributed by atoms with van der Waals surface area (Å²) in [4.78, 5) is 48.7. The van der Waals surface area contributed by atoms with E-state index in [1.807, 2.05) is 0 Å². The zero-order valence-corrected chi connectivity index (χ0v) is 16.7. The molecule has 2 atom stereocenters. The molecule has 0 unspecified atom stereocenters. The molecule has 3 heterocycles. The maximum atomic E-state index is 12.5. The third-order valence-corrected chi connectivity index (χ3v) is 6.02. The van der Waals surface area contributed by atoms with Crippen molar-refractivity contribution >= 4 is 51.4 Å². The molecule has 3 rings (SSSR count). The Labute approximate surface area is 166 Å². The highest BCUT2D eigenvalue weighted by molar-refractivity contribution is 9.10. The highest BCUT2D eigenvalue weighted by atomic mass is 79.9. The lowest BCUT2D eigenvalue weighted by molar-refractivity contribution is -0.149. The molecule has 1 saturated heterocycles. The van der Waals surface area contributed by atoms with Crippen molar-refractivity contribution in [3.63, 3.8) is 0 Å². The number of fused-ring (bicyclic) bond motifs is 1. The van der Waals surface area contributed by atoms with Crippen LogP contribution in [0.3, 0.4) is 0 Å². The van der Waals surface area contributed by atoms with Gasteiger partial charge in [0.2, 0.25) is 0 Å². The van der Waals surface area contributed by atoms with Gasteiger partial charge in [-0.05, 0) is 15.9 Å². The number of amides is 2. The minimum atomic E-state index is -1.28. The van der Waals surface area contributed by atoms with Crippen molar-refractivity contribution in [2.24, 2.45) is 7.05 Å². The summed E-state index contributed by atoms with van der Waals surface area (Å²) in [6, 6.07) is -0.853. The van der Waals surface area contributed by atoms with Gasteiger partial charge in [-0.1, -0.05) is 0 Å². The van der Waals surface area contributed by atoms with Crippen molar-refractivity contribution in [1.29, 1.82) is 0 Å². The minimum absolute atomic E-state index is 0.195. The molecule has 1 aromatic rings. The van der Waals surface area contributed by atoms with Gasteiger partial charge in [0.25, 0.3) is 11.8 Å². The summed E-state index contributed by atoms with van der Waals surface area (Å²) in [5.74, 6) is -2.58. The quantitative estimate of drug-likeness (QED) is 0.468. The van der Waals surface area contributed by atoms with Crippen LogP contribution in [0.15, 0.2) is 21.9 Å². The number of carboxylic acid groups (broad SMARTS) is 1. The molecule has 0 aromatic carbocycles. The fourth-order valence-corrected chi connectivity index (χ4v) is 4.71. The number of nitrogens with one attached hydrogen (secondary N) is 1. The molecule has 10 nitrogen and oxygen atoms in total. The lowest BCUT2D eigenvalue weighted by atomic mass is 10.0. The Balaban J connectivity index is 1.78. The lowest BCUT2D eigenvalue weighted by Crippen LogP contribution is -2.70. The van der Waals surface area contributed by atoms with E-state index >= 15 is 0 Å². The Kier molecular flexibility index (Phi) is 5.29. The van der Waals surface area contributed by atoms with Crippen molar-refractivity contribution in [2.45, 2.75) is 18.3 Å². The summed E-state index contributed by atoms with van der Waals surface area (Å²) < 4.78 is 6.73. The smallest absolute Gasteiger partial charge is 0.352 e. The monoisotopic (exact) mass is 458 g/mol. The van der Waals surface area contributed by atoms with E-state index in [9.17, 15) is 24.3 Å². The molecule has 1 fully saturated rings. The number of carboxylic acids is 1. The van der Waals surface area contributed by atoms with E-state index in [1.165, 1.54) is 29.6 Å². The van der Waals surface area contributed by atoms with E-state index in [0.29, 0.717) is 10.0 Å². The zero-order valence-electron chi connectivity index (χ0n) is 14.3. The van der Waals surface area contributed by atoms with E-state index in [4.69, 9.17) is 4.74 Å². The van der Waals surface area contributed by atoms with Crippen LogP contribution >= 0.6 is 27.7 Å². The third-order valence-electron chi connectivity index (χ3n) is 4.10. The number of rotatable bonds is 5. The molecule has 0 spiro atoms. The van der Waals surface area contributed by atoms with E-state index in [-0.39, 0.29) is 23.8 Å². The molecular weight excluding hydrogens is 444 g/mol. The Morgan fingerprint density at radius 2 is 2.19 bits per heavy atom. The van der Waals surface area contributed by atoms with Gasteiger partial charge in [-0.25, -0.2) is 4.79 Å². The van der Waals surface area contributed by atoms with Gasteiger partial charge in [0, 0.05) is 25.3 Å². The minimum Gasteiger partial charge on any atom is -0.477 e. The number of hydrogen-bond acceptors (Lipinski definition) is 7. The fraction of sp³-hybridized carbons (Fsp3) is 0.400. The number of carbonyl (C=O) groups is 4. The molecule has 2 N–H and O–H groups in total. The number of thioether (sulfide) groups is 1. The second-order valence-corrected chi connectivity index (χ2v) is 7.82. The largest absolute Gasteiger partial charge is 0.477 e. The molecule has 0 radical (unpaired) electrons. The molecule has 144 valence electrons. The molecular formula is C15H15BrN4O6S. The number of β-lactam (4-membered cyclic amide) rings is 1. The standard InChI is InChI=1S/C15H15BrN4O6S/c1-6(21)26-4-7-5-27-14-9(13(23)20(14)10(7)15(24)25)18-12(22)11-8(16)3-17-19(11)2/h3,9,14H,4-5H2,1-2H3,(H,18,22)(H,24,25)/t9-,14+/m1/s1. The van der Waals surface area contributed by atoms with Crippen molar-refractivity contribution in [3.05, 3.63) is 27.6 Å². The Bertz CT molecular complexity index is 862. The summed E-state index contributed by atoms with van der Waals surface area (Å²) in [6.45, 7) is 1.02. The van der Waals surface area contributed by atoms with E-state index in [2.05, 4.69) is 26.3 Å². The van der Waals surface area contributed by atoms with Gasteiger partial charge in [0.05, 0.1) is 10.7 Å². The van der Waals surface area contributed by atoms with Crippen LogP contribution in [0, 0.1) is 0 Å². The lowest BCUT2D eigenvalue weighted by Gasteiger charge is -2.49. The first-order chi connectivity index (χ1) is 12.7. The third kappa shape index (κ3) is 3.46. The van der Waals surface area contributed by atoms with E-state index < -0.39 is 35.2 Å². The number of esters is 1. The van der Waals surface area contributed by atoms with Crippen LogP contribution < -0.4 is 5.32 Å². The molecule has 0 aliphatic carbocycles. The first-order valence-electron chi connectivity index (χ1n) is 7.74. The summed E-state index contributed by atoms with van der Waals surface area (Å²) in [5.41, 5.74) is 0.398. The van der Waals surface area contributed by atoms with Gasteiger partial charge in [-0.2, -0.15) is 5.10 Å². The second-order valence-electron chi connectivity index (χ2n) is 5.86. The first-order valence-corrected chi connectivity index (χ1v) is 9.58. The Hall–Kier alpha value is -2.34. The molecule has 12 heteroatoms. The van der Waals surface area contributed by atoms with Crippen LogP contribution in [0.5, 0.6) is 0 Å². The molecule has 27 heavy (non-hydrogen) atoms. The number of aryl methyl sites for hydroxylation is 1. The molecule has 0 bridgehead atoms. The highest BCUT2D eigenvalue weighted by Gasteiger charge is 2.54. The van der Waals surface area contributed by atoms with Crippen LogP contribution in [-0.4, -0.2) is 67.3 Å². The molecule has 0 saturated carbocycles. The predicted molar refractivity (Wildman–Crippen MR) is 96.5 cm³/mol. The average Bonchev–Trinajstić information content (AvgIpc) is 2.94. The van der Waals surface area contributed by atoms with Crippen LogP contribution in [0.25, 0.3) is 0 Å². The van der Waals surface area contributed by atoms with Crippen LogP contribution in [0.4, 0.5) is 0 Å². The topological polar surface area (TPSA) is 131 Å². The van der Waals surface area contributed by atoms with Gasteiger partial charge in [-0.15, -0.1) is 11.8 Å². The van der Waals surface area contributed by atoms with Gasteiger partial charge in [0.15, 0.2) is 0 Å². The van der Waals surface area contributed by atoms with E-state index in [0.717, 1.165) is 4.90 Å². The normalized spacial score (nSPS) is 21.4. The Morgan fingerprint density at radius 1 is 1.48 bits per heavy atom.